The summed E-state index contributed by atoms with van der Waals surface area (Å²) in [6.45, 7) is 7.17. The number of carbonyl (C=O) groups excluding carboxylic acids is 1. The number of amides is 1. The zero-order valence-electron chi connectivity index (χ0n) is 17.0. The molecular weight excluding hydrogens is 388 g/mol. The predicted octanol–water partition coefficient (Wildman–Crippen LogP) is 3.49. The van der Waals surface area contributed by atoms with Gasteiger partial charge in [0.2, 0.25) is 11.9 Å². The van der Waals surface area contributed by atoms with E-state index in [-0.39, 0.29) is 24.4 Å². The number of aryl methyl sites for hydroxylation is 2. The fourth-order valence-electron chi connectivity index (χ4n) is 3.41. The maximum Gasteiger partial charge on any atom is 0.229 e. The number of halogens is 1. The minimum absolute atomic E-state index is 0. The molecule has 0 bridgehead atoms. The standard InChI is InChI=1S/C21H26N6O.ClH/c1-4-5-17-11-20(27-9-8-19(13-27)23-15(3)28)26-21(24-17)25-18-7-6-14(2)16(10-18)12-22;/h6-7,10-11,19H,4-5,8-9,13H2,1-3H3,(H,23,28)(H,24,25,26);1H. The molecule has 2 N–H and O–H groups in total. The lowest BCUT2D eigenvalue weighted by atomic mass is 10.1. The number of nitrogens with zero attached hydrogens (tertiary/aromatic N) is 4. The lowest BCUT2D eigenvalue weighted by Gasteiger charge is -2.19. The highest BCUT2D eigenvalue weighted by Crippen LogP contribution is 2.23. The van der Waals surface area contributed by atoms with Crippen molar-refractivity contribution in [3.05, 3.63) is 41.1 Å². The summed E-state index contributed by atoms with van der Waals surface area (Å²) in [6, 6.07) is 10.0. The third-order valence-electron chi connectivity index (χ3n) is 4.81. The van der Waals surface area contributed by atoms with Crippen LogP contribution >= 0.6 is 12.4 Å². The molecule has 0 radical (unpaired) electrons. The van der Waals surface area contributed by atoms with E-state index in [1.807, 2.05) is 31.2 Å². The van der Waals surface area contributed by atoms with E-state index in [4.69, 9.17) is 4.98 Å². The van der Waals surface area contributed by atoms with Gasteiger partial charge in [-0.2, -0.15) is 10.2 Å². The number of hydrogen-bond donors (Lipinski definition) is 2. The smallest absolute Gasteiger partial charge is 0.229 e. The number of benzene rings is 1. The Kier molecular flexibility index (Phi) is 7.80. The zero-order valence-corrected chi connectivity index (χ0v) is 17.8. The average Bonchev–Trinajstić information content (AvgIpc) is 3.11. The Bertz CT molecular complexity index is 911. The van der Waals surface area contributed by atoms with Crippen molar-refractivity contribution < 1.29 is 4.79 Å². The molecule has 154 valence electrons. The van der Waals surface area contributed by atoms with Gasteiger partial charge in [0.25, 0.3) is 0 Å². The number of rotatable bonds is 6. The summed E-state index contributed by atoms with van der Waals surface area (Å²) in [4.78, 5) is 22.8. The van der Waals surface area contributed by atoms with Crippen LogP contribution in [0.5, 0.6) is 0 Å². The van der Waals surface area contributed by atoms with E-state index in [9.17, 15) is 10.1 Å². The van der Waals surface area contributed by atoms with Gasteiger partial charge in [0.15, 0.2) is 0 Å². The molecular formula is C21H27ClN6O. The fraction of sp³-hybridized carbons (Fsp3) is 0.429. The molecule has 3 rings (SSSR count). The van der Waals surface area contributed by atoms with Crippen LogP contribution < -0.4 is 15.5 Å². The maximum absolute atomic E-state index is 11.3. The Balaban J connectivity index is 0.00000300. The highest BCUT2D eigenvalue weighted by atomic mass is 35.5. The van der Waals surface area contributed by atoms with Crippen molar-refractivity contribution in [2.24, 2.45) is 0 Å². The average molecular weight is 415 g/mol. The number of hydrogen-bond acceptors (Lipinski definition) is 6. The number of anilines is 3. The first-order valence-corrected chi connectivity index (χ1v) is 9.66. The molecule has 1 aliphatic rings. The van der Waals surface area contributed by atoms with Crippen molar-refractivity contribution in [1.82, 2.24) is 15.3 Å². The van der Waals surface area contributed by atoms with Gasteiger partial charge < -0.3 is 15.5 Å². The summed E-state index contributed by atoms with van der Waals surface area (Å²) < 4.78 is 0. The normalized spacial score (nSPS) is 15.4. The summed E-state index contributed by atoms with van der Waals surface area (Å²) in [6.07, 6.45) is 2.76. The Hall–Kier alpha value is -2.85. The highest BCUT2D eigenvalue weighted by molar-refractivity contribution is 5.85. The summed E-state index contributed by atoms with van der Waals surface area (Å²) in [7, 11) is 0. The minimum atomic E-state index is -0.00349. The second-order valence-corrected chi connectivity index (χ2v) is 7.19. The Labute approximate surface area is 178 Å². The second kappa shape index (κ2) is 10.1. The molecule has 1 aromatic heterocycles. The van der Waals surface area contributed by atoms with E-state index in [2.05, 4.69) is 33.5 Å². The number of carbonyl (C=O) groups is 1. The number of aromatic nitrogens is 2. The van der Waals surface area contributed by atoms with Crippen LogP contribution in [0.3, 0.4) is 0 Å². The first-order chi connectivity index (χ1) is 13.5. The summed E-state index contributed by atoms with van der Waals surface area (Å²) >= 11 is 0. The minimum Gasteiger partial charge on any atom is -0.354 e. The van der Waals surface area contributed by atoms with Crippen LogP contribution in [-0.4, -0.2) is 35.0 Å². The van der Waals surface area contributed by atoms with E-state index in [1.165, 1.54) is 0 Å². The molecule has 1 atom stereocenters. The van der Waals surface area contributed by atoms with Gasteiger partial charge in [-0.25, -0.2) is 4.98 Å². The van der Waals surface area contributed by atoms with Crippen molar-refractivity contribution in [2.75, 3.05) is 23.3 Å². The summed E-state index contributed by atoms with van der Waals surface area (Å²) in [5.74, 6) is 1.38. The monoisotopic (exact) mass is 414 g/mol. The quantitative estimate of drug-likeness (QED) is 0.751. The molecule has 1 saturated heterocycles. The predicted molar refractivity (Wildman–Crippen MR) is 117 cm³/mol. The van der Waals surface area contributed by atoms with Crippen LogP contribution in [0, 0.1) is 18.3 Å². The lowest BCUT2D eigenvalue weighted by molar-refractivity contribution is -0.119. The highest BCUT2D eigenvalue weighted by Gasteiger charge is 2.24. The van der Waals surface area contributed by atoms with Crippen LogP contribution in [-0.2, 0) is 11.2 Å². The fourth-order valence-corrected chi connectivity index (χ4v) is 3.41. The topological polar surface area (TPSA) is 93.9 Å². The Morgan fingerprint density at radius 1 is 1.34 bits per heavy atom. The Morgan fingerprint density at radius 3 is 2.83 bits per heavy atom. The third-order valence-corrected chi connectivity index (χ3v) is 4.81. The largest absolute Gasteiger partial charge is 0.354 e. The van der Waals surface area contributed by atoms with Gasteiger partial charge >= 0.3 is 0 Å². The van der Waals surface area contributed by atoms with Crippen LogP contribution in [0.1, 0.15) is 43.5 Å². The van der Waals surface area contributed by atoms with E-state index < -0.39 is 0 Å². The van der Waals surface area contributed by atoms with Crippen molar-refractivity contribution in [3.8, 4) is 6.07 Å². The molecule has 1 fully saturated rings. The molecule has 1 aliphatic heterocycles. The molecule has 1 unspecified atom stereocenters. The van der Waals surface area contributed by atoms with Crippen molar-refractivity contribution in [2.45, 2.75) is 46.1 Å². The van der Waals surface area contributed by atoms with E-state index in [0.717, 1.165) is 55.1 Å². The molecule has 1 aromatic carbocycles. The van der Waals surface area contributed by atoms with Crippen molar-refractivity contribution in [1.29, 1.82) is 5.26 Å². The SMILES string of the molecule is CCCc1cc(N2CCC(NC(C)=O)C2)nc(Nc2ccc(C)c(C#N)c2)n1.Cl. The molecule has 0 spiro atoms. The lowest BCUT2D eigenvalue weighted by Crippen LogP contribution is -2.35. The Morgan fingerprint density at radius 2 is 2.14 bits per heavy atom. The first-order valence-electron chi connectivity index (χ1n) is 9.66. The van der Waals surface area contributed by atoms with Gasteiger partial charge in [-0.1, -0.05) is 19.4 Å². The molecule has 2 aromatic rings. The second-order valence-electron chi connectivity index (χ2n) is 7.19. The molecule has 7 nitrogen and oxygen atoms in total. The first kappa shape index (κ1) is 22.4. The molecule has 1 amide bonds. The van der Waals surface area contributed by atoms with Crippen molar-refractivity contribution in [3.63, 3.8) is 0 Å². The van der Waals surface area contributed by atoms with Gasteiger partial charge in [0.1, 0.15) is 5.82 Å². The molecule has 2 heterocycles. The van der Waals surface area contributed by atoms with E-state index in [1.54, 1.807) is 6.92 Å². The number of nitriles is 1. The van der Waals surface area contributed by atoms with E-state index in [0.29, 0.717) is 11.5 Å². The van der Waals surface area contributed by atoms with Gasteiger partial charge in [-0.05, 0) is 37.5 Å². The third kappa shape index (κ3) is 5.81. The van der Waals surface area contributed by atoms with Gasteiger partial charge in [0.05, 0.1) is 11.6 Å². The van der Waals surface area contributed by atoms with Crippen LogP contribution in [0.15, 0.2) is 24.3 Å². The summed E-state index contributed by atoms with van der Waals surface area (Å²) in [5, 5.41) is 15.5. The summed E-state index contributed by atoms with van der Waals surface area (Å²) in [5.41, 5.74) is 3.34. The van der Waals surface area contributed by atoms with Crippen LogP contribution in [0.25, 0.3) is 0 Å². The van der Waals surface area contributed by atoms with Gasteiger partial charge in [-0.3, -0.25) is 4.79 Å². The molecule has 0 saturated carbocycles. The molecule has 29 heavy (non-hydrogen) atoms. The molecule has 8 heteroatoms. The van der Waals surface area contributed by atoms with Crippen LogP contribution in [0.2, 0.25) is 0 Å². The van der Waals surface area contributed by atoms with Gasteiger partial charge in [0, 0.05) is 43.5 Å². The van der Waals surface area contributed by atoms with E-state index >= 15 is 0 Å². The zero-order chi connectivity index (χ0) is 20.1. The van der Waals surface area contributed by atoms with Crippen molar-refractivity contribution >= 4 is 35.8 Å². The van der Waals surface area contributed by atoms with Gasteiger partial charge in [-0.15, -0.1) is 12.4 Å². The van der Waals surface area contributed by atoms with Crippen LogP contribution in [0.4, 0.5) is 17.5 Å². The maximum atomic E-state index is 11.3. The molecule has 0 aliphatic carbocycles. The number of nitrogens with one attached hydrogen (secondary N) is 2.